The van der Waals surface area contributed by atoms with E-state index in [1.165, 1.54) is 25.3 Å². The van der Waals surface area contributed by atoms with Crippen LogP contribution in [0.1, 0.15) is 40.3 Å². The molecule has 4 N–H and O–H groups in total. The fourth-order valence-corrected chi connectivity index (χ4v) is 3.00. The van der Waals surface area contributed by atoms with E-state index in [0.717, 1.165) is 12.3 Å². The quantitative estimate of drug-likeness (QED) is 0.376. The molecule has 2 aromatic heterocycles. The summed E-state index contributed by atoms with van der Waals surface area (Å²) in [6.07, 6.45) is -3.71. The zero-order valence-corrected chi connectivity index (χ0v) is 17.2. The molecule has 3 rings (SSSR count). The third-order valence-corrected chi connectivity index (χ3v) is 4.56. The number of nitrogens with zero attached hydrogens (tertiary/aromatic N) is 2. The number of halogens is 3. The van der Waals surface area contributed by atoms with E-state index < -0.39 is 17.8 Å². The van der Waals surface area contributed by atoms with Gasteiger partial charge in [0.1, 0.15) is 11.5 Å². The van der Waals surface area contributed by atoms with Crippen LogP contribution in [-0.4, -0.2) is 29.3 Å². The van der Waals surface area contributed by atoms with E-state index >= 15 is 0 Å². The molecule has 0 spiro atoms. The van der Waals surface area contributed by atoms with E-state index in [1.807, 2.05) is 0 Å². The summed E-state index contributed by atoms with van der Waals surface area (Å²) >= 11 is 0. The standard InChI is InChI=1S/C22H20F3N5O2/c1-12(27)16-5-3-6-17(28-16)13-9-14(21(31)32-2)15(11-26)18(10-13)29-20-8-4-7-19(30-20)22(23,24)25/h3-12,26H,27H2,1-2H3,(H,29,30). The van der Waals surface area contributed by atoms with Crippen molar-refractivity contribution in [1.29, 1.82) is 5.41 Å². The van der Waals surface area contributed by atoms with Crippen molar-refractivity contribution >= 4 is 23.7 Å². The van der Waals surface area contributed by atoms with Gasteiger partial charge in [0.15, 0.2) is 0 Å². The van der Waals surface area contributed by atoms with Crippen LogP contribution in [0.4, 0.5) is 24.7 Å². The molecule has 0 radical (unpaired) electrons. The van der Waals surface area contributed by atoms with Gasteiger partial charge in [-0.15, -0.1) is 0 Å². The van der Waals surface area contributed by atoms with Gasteiger partial charge in [-0.05, 0) is 43.3 Å². The fourth-order valence-electron chi connectivity index (χ4n) is 3.00. The minimum Gasteiger partial charge on any atom is -0.465 e. The Bertz CT molecular complexity index is 1160. The number of carbonyl (C=O) groups is 1. The average Bonchev–Trinajstić information content (AvgIpc) is 2.77. The Morgan fingerprint density at radius 1 is 1.19 bits per heavy atom. The Morgan fingerprint density at radius 2 is 1.91 bits per heavy atom. The van der Waals surface area contributed by atoms with Crippen molar-refractivity contribution in [3.63, 3.8) is 0 Å². The Balaban J connectivity index is 2.17. The number of methoxy groups -OCH3 is 1. The van der Waals surface area contributed by atoms with Gasteiger partial charge in [0.25, 0.3) is 0 Å². The Kier molecular flexibility index (Phi) is 6.54. The molecular formula is C22H20F3N5O2. The van der Waals surface area contributed by atoms with Crippen molar-refractivity contribution in [1.82, 2.24) is 9.97 Å². The highest BCUT2D eigenvalue weighted by molar-refractivity contribution is 6.04. The zero-order chi connectivity index (χ0) is 23.5. The van der Waals surface area contributed by atoms with Crippen LogP contribution in [0.5, 0.6) is 0 Å². The van der Waals surface area contributed by atoms with Crippen molar-refractivity contribution in [2.24, 2.45) is 5.73 Å². The lowest BCUT2D eigenvalue weighted by atomic mass is 9.99. The zero-order valence-electron chi connectivity index (χ0n) is 17.2. The van der Waals surface area contributed by atoms with Crippen LogP contribution in [0, 0.1) is 5.41 Å². The predicted octanol–water partition coefficient (Wildman–Crippen LogP) is 4.71. The van der Waals surface area contributed by atoms with Crippen LogP contribution in [-0.2, 0) is 10.9 Å². The smallest absolute Gasteiger partial charge is 0.433 e. The lowest BCUT2D eigenvalue weighted by molar-refractivity contribution is -0.141. The van der Waals surface area contributed by atoms with Crippen molar-refractivity contribution in [2.75, 3.05) is 12.4 Å². The summed E-state index contributed by atoms with van der Waals surface area (Å²) in [5, 5.41) is 10.5. The van der Waals surface area contributed by atoms with Gasteiger partial charge < -0.3 is 21.2 Å². The summed E-state index contributed by atoms with van der Waals surface area (Å²) in [5.41, 5.74) is 6.78. The van der Waals surface area contributed by atoms with E-state index in [1.54, 1.807) is 31.2 Å². The van der Waals surface area contributed by atoms with E-state index in [2.05, 4.69) is 15.3 Å². The van der Waals surface area contributed by atoms with Crippen molar-refractivity contribution < 1.29 is 22.7 Å². The second-order valence-corrected chi connectivity index (χ2v) is 6.89. The van der Waals surface area contributed by atoms with Crippen LogP contribution in [0.2, 0.25) is 0 Å². The summed E-state index contributed by atoms with van der Waals surface area (Å²) < 4.78 is 44.0. The van der Waals surface area contributed by atoms with Crippen molar-refractivity contribution in [3.05, 3.63) is 71.0 Å². The SMILES string of the molecule is COC(=O)c1cc(-c2cccc(C(C)N)n2)cc(Nc2cccc(C(F)(F)F)n2)c1C=N. The number of alkyl halides is 3. The summed E-state index contributed by atoms with van der Waals surface area (Å²) in [6.45, 7) is 1.77. The van der Waals surface area contributed by atoms with Crippen LogP contribution >= 0.6 is 0 Å². The maximum Gasteiger partial charge on any atom is 0.433 e. The van der Waals surface area contributed by atoms with E-state index in [0.29, 0.717) is 17.0 Å². The summed E-state index contributed by atoms with van der Waals surface area (Å²) in [7, 11) is 1.19. The molecule has 2 heterocycles. The van der Waals surface area contributed by atoms with Gasteiger partial charge in [0.2, 0.25) is 0 Å². The minimum atomic E-state index is -4.62. The molecule has 0 aliphatic rings. The van der Waals surface area contributed by atoms with Gasteiger partial charge in [-0.25, -0.2) is 9.78 Å². The van der Waals surface area contributed by atoms with Gasteiger partial charge >= 0.3 is 12.1 Å². The molecule has 0 saturated carbocycles. The molecule has 0 aliphatic heterocycles. The van der Waals surface area contributed by atoms with Crippen molar-refractivity contribution in [2.45, 2.75) is 19.1 Å². The number of rotatable bonds is 6. The molecule has 32 heavy (non-hydrogen) atoms. The number of anilines is 2. The molecule has 7 nitrogen and oxygen atoms in total. The molecule has 1 atom stereocenters. The first kappa shape index (κ1) is 22.9. The lowest BCUT2D eigenvalue weighted by Crippen LogP contribution is -2.11. The van der Waals surface area contributed by atoms with Gasteiger partial charge in [-0.3, -0.25) is 4.98 Å². The minimum absolute atomic E-state index is 0.0440. The van der Waals surface area contributed by atoms with Crippen LogP contribution in [0.25, 0.3) is 11.3 Å². The summed E-state index contributed by atoms with van der Waals surface area (Å²) in [4.78, 5) is 20.5. The largest absolute Gasteiger partial charge is 0.465 e. The van der Waals surface area contributed by atoms with Crippen molar-refractivity contribution in [3.8, 4) is 11.3 Å². The molecule has 10 heteroatoms. The molecule has 3 aromatic rings. The monoisotopic (exact) mass is 443 g/mol. The molecule has 0 saturated heterocycles. The van der Waals surface area contributed by atoms with Gasteiger partial charge in [-0.1, -0.05) is 12.1 Å². The lowest BCUT2D eigenvalue weighted by Gasteiger charge is -2.16. The van der Waals surface area contributed by atoms with E-state index in [-0.39, 0.29) is 28.7 Å². The average molecular weight is 443 g/mol. The van der Waals surface area contributed by atoms with Gasteiger partial charge in [-0.2, -0.15) is 13.2 Å². The number of carbonyl (C=O) groups excluding carboxylic acids is 1. The Labute approximate surface area is 182 Å². The molecule has 0 fully saturated rings. The first-order valence-corrected chi connectivity index (χ1v) is 9.45. The number of nitrogens with one attached hydrogen (secondary N) is 2. The normalized spacial score (nSPS) is 12.2. The number of pyridine rings is 2. The first-order valence-electron chi connectivity index (χ1n) is 9.45. The predicted molar refractivity (Wildman–Crippen MR) is 114 cm³/mol. The Morgan fingerprint density at radius 3 is 2.53 bits per heavy atom. The molecule has 166 valence electrons. The highest BCUT2D eigenvalue weighted by Crippen LogP contribution is 2.32. The molecule has 0 bridgehead atoms. The number of aromatic nitrogens is 2. The maximum absolute atomic E-state index is 13.1. The van der Waals surface area contributed by atoms with Gasteiger partial charge in [0.05, 0.1) is 24.1 Å². The third kappa shape index (κ3) is 4.92. The van der Waals surface area contributed by atoms with Crippen LogP contribution in [0.3, 0.4) is 0 Å². The molecule has 1 unspecified atom stereocenters. The number of ether oxygens (including phenoxy) is 1. The van der Waals surface area contributed by atoms with Gasteiger partial charge in [0, 0.05) is 29.1 Å². The summed E-state index contributed by atoms with van der Waals surface area (Å²) in [6, 6.07) is 11.4. The third-order valence-electron chi connectivity index (χ3n) is 4.56. The maximum atomic E-state index is 13.1. The molecular weight excluding hydrogens is 423 g/mol. The van der Waals surface area contributed by atoms with E-state index in [4.69, 9.17) is 15.9 Å². The Hall–Kier alpha value is -3.79. The highest BCUT2D eigenvalue weighted by atomic mass is 19.4. The molecule has 0 aliphatic carbocycles. The second kappa shape index (κ2) is 9.15. The second-order valence-electron chi connectivity index (χ2n) is 6.89. The number of nitrogens with two attached hydrogens (primary N) is 1. The number of hydrogen-bond acceptors (Lipinski definition) is 7. The van der Waals surface area contributed by atoms with E-state index in [9.17, 15) is 18.0 Å². The molecule has 0 amide bonds. The fraction of sp³-hybridized carbons (Fsp3) is 0.182. The number of esters is 1. The van der Waals surface area contributed by atoms with Crippen LogP contribution < -0.4 is 11.1 Å². The van der Waals surface area contributed by atoms with Crippen LogP contribution in [0.15, 0.2) is 48.5 Å². The first-order chi connectivity index (χ1) is 15.1. The highest BCUT2D eigenvalue weighted by Gasteiger charge is 2.32. The topological polar surface area (TPSA) is 114 Å². The number of hydrogen-bond donors (Lipinski definition) is 3. The summed E-state index contributed by atoms with van der Waals surface area (Å²) in [5.74, 6) is -0.818. The number of benzene rings is 1. The molecule has 1 aromatic carbocycles.